The number of anilines is 2. The van der Waals surface area contributed by atoms with Gasteiger partial charge in [0, 0.05) is 14.1 Å². The molecule has 1 rings (SSSR count). The van der Waals surface area contributed by atoms with Crippen LogP contribution in [0.15, 0.2) is 18.2 Å². The van der Waals surface area contributed by atoms with Gasteiger partial charge in [-0.1, -0.05) is 6.92 Å². The molecule has 0 fully saturated rings. The number of carbonyl (C=O) groups excluding carboxylic acids is 1. The van der Waals surface area contributed by atoms with Gasteiger partial charge in [0.1, 0.15) is 0 Å². The number of benzene rings is 1. The van der Waals surface area contributed by atoms with E-state index in [1.54, 1.807) is 25.9 Å². The Kier molecular flexibility index (Phi) is 9.52. The smallest absolute Gasteiger partial charge is 0.376 e. The highest BCUT2D eigenvalue weighted by Crippen LogP contribution is 2.34. The summed E-state index contributed by atoms with van der Waals surface area (Å²) in [6.07, 6.45) is -4.06. The summed E-state index contributed by atoms with van der Waals surface area (Å²) in [7, 11) is 3.36. The second-order valence-electron chi connectivity index (χ2n) is 4.63. The van der Waals surface area contributed by atoms with E-state index in [4.69, 9.17) is 5.73 Å². The monoisotopic (exact) mass is 361 g/mol. The average molecular weight is 362 g/mol. The lowest BCUT2D eigenvalue weighted by molar-refractivity contribution is -0.137. The van der Waals surface area contributed by atoms with Crippen molar-refractivity contribution in [3.8, 4) is 0 Å². The van der Waals surface area contributed by atoms with Crippen LogP contribution in [0.4, 0.5) is 24.5 Å². The standard InChI is InChI=1S/C13H18F3N3O.2ClH/c1-4-9(17)12(20)18-10-7-8(13(14,15)16)5-6-11(10)19(2)3;;/h5-7,9H,4,17H2,1-3H3,(H,18,20);2*1H/t9-;;/m0../s1. The molecule has 9 heteroatoms. The Morgan fingerprint density at radius 1 is 1.32 bits per heavy atom. The van der Waals surface area contributed by atoms with E-state index in [1.165, 1.54) is 6.07 Å². The molecule has 0 unspecified atom stereocenters. The number of rotatable bonds is 4. The van der Waals surface area contributed by atoms with Crippen LogP contribution >= 0.6 is 24.8 Å². The predicted molar refractivity (Wildman–Crippen MR) is 87.2 cm³/mol. The molecule has 0 saturated carbocycles. The van der Waals surface area contributed by atoms with Crippen molar-refractivity contribution in [2.75, 3.05) is 24.3 Å². The normalized spacial score (nSPS) is 11.8. The topological polar surface area (TPSA) is 58.4 Å². The van der Waals surface area contributed by atoms with Crippen LogP contribution in [-0.4, -0.2) is 26.0 Å². The van der Waals surface area contributed by atoms with Crippen molar-refractivity contribution >= 4 is 42.1 Å². The number of nitrogens with one attached hydrogen (secondary N) is 1. The lowest BCUT2D eigenvalue weighted by atomic mass is 10.1. The molecule has 22 heavy (non-hydrogen) atoms. The lowest BCUT2D eigenvalue weighted by Gasteiger charge is -2.20. The molecule has 1 atom stereocenters. The molecule has 0 aliphatic heterocycles. The molecule has 0 radical (unpaired) electrons. The first-order chi connectivity index (χ1) is 9.16. The van der Waals surface area contributed by atoms with E-state index in [0.29, 0.717) is 12.1 Å². The molecule has 4 nitrogen and oxygen atoms in total. The number of amides is 1. The molecule has 0 spiro atoms. The van der Waals surface area contributed by atoms with Gasteiger partial charge in [-0.2, -0.15) is 13.2 Å². The number of hydrogen-bond acceptors (Lipinski definition) is 3. The van der Waals surface area contributed by atoms with E-state index in [0.717, 1.165) is 12.1 Å². The van der Waals surface area contributed by atoms with Crippen LogP contribution in [0, 0.1) is 0 Å². The summed E-state index contributed by atoms with van der Waals surface area (Å²) < 4.78 is 38.1. The van der Waals surface area contributed by atoms with Gasteiger partial charge < -0.3 is 16.0 Å². The third-order valence-corrected chi connectivity index (χ3v) is 2.84. The van der Waals surface area contributed by atoms with E-state index >= 15 is 0 Å². The van der Waals surface area contributed by atoms with E-state index in [1.807, 2.05) is 0 Å². The van der Waals surface area contributed by atoms with E-state index in [2.05, 4.69) is 5.32 Å². The van der Waals surface area contributed by atoms with Crippen LogP contribution in [0.5, 0.6) is 0 Å². The lowest BCUT2D eigenvalue weighted by Crippen LogP contribution is -2.35. The van der Waals surface area contributed by atoms with Crippen LogP contribution in [0.25, 0.3) is 0 Å². The first-order valence-corrected chi connectivity index (χ1v) is 6.11. The van der Waals surface area contributed by atoms with Gasteiger partial charge in [0.05, 0.1) is 23.0 Å². The van der Waals surface area contributed by atoms with Gasteiger partial charge in [-0.3, -0.25) is 4.79 Å². The molecule has 1 aromatic rings. The minimum absolute atomic E-state index is 0. The maximum Gasteiger partial charge on any atom is 0.416 e. The summed E-state index contributed by atoms with van der Waals surface area (Å²) in [4.78, 5) is 13.4. The molecule has 3 N–H and O–H groups in total. The molecule has 0 aromatic heterocycles. The summed E-state index contributed by atoms with van der Waals surface area (Å²) >= 11 is 0. The number of nitrogens with two attached hydrogens (primary N) is 1. The Labute approximate surface area is 140 Å². The summed E-state index contributed by atoms with van der Waals surface area (Å²) in [6, 6.07) is 2.45. The zero-order valence-corrected chi connectivity index (χ0v) is 14.0. The molecular weight excluding hydrogens is 342 g/mol. The fourth-order valence-corrected chi connectivity index (χ4v) is 1.61. The van der Waals surface area contributed by atoms with Gasteiger partial charge in [-0.05, 0) is 24.6 Å². The molecule has 0 bridgehead atoms. The second kappa shape index (κ2) is 9.07. The zero-order chi connectivity index (χ0) is 15.5. The van der Waals surface area contributed by atoms with Gasteiger partial charge in [0.2, 0.25) is 5.91 Å². The van der Waals surface area contributed by atoms with Gasteiger partial charge in [-0.15, -0.1) is 24.8 Å². The third kappa shape index (κ3) is 5.90. The Bertz CT molecular complexity index is 496. The number of carbonyl (C=O) groups is 1. The van der Waals surface area contributed by atoms with Crippen LogP contribution < -0.4 is 16.0 Å². The van der Waals surface area contributed by atoms with Crippen LogP contribution in [-0.2, 0) is 11.0 Å². The summed E-state index contributed by atoms with van der Waals surface area (Å²) in [5, 5.41) is 2.45. The summed E-state index contributed by atoms with van der Waals surface area (Å²) in [5.74, 6) is -0.505. The number of nitrogens with zero attached hydrogens (tertiary/aromatic N) is 1. The number of alkyl halides is 3. The highest BCUT2D eigenvalue weighted by atomic mass is 35.5. The molecule has 128 valence electrons. The van der Waals surface area contributed by atoms with E-state index in [9.17, 15) is 18.0 Å². The van der Waals surface area contributed by atoms with Crippen molar-refractivity contribution in [1.29, 1.82) is 0 Å². The summed E-state index contributed by atoms with van der Waals surface area (Å²) in [6.45, 7) is 1.73. The van der Waals surface area contributed by atoms with Gasteiger partial charge >= 0.3 is 6.18 Å². The third-order valence-electron chi connectivity index (χ3n) is 2.84. The molecular formula is C13H20Cl2F3N3O. The van der Waals surface area contributed by atoms with Gasteiger partial charge in [-0.25, -0.2) is 0 Å². The SMILES string of the molecule is CC[C@H](N)C(=O)Nc1cc(C(F)(F)F)ccc1N(C)C.Cl.Cl. The average Bonchev–Trinajstić information content (AvgIpc) is 2.36. The van der Waals surface area contributed by atoms with Crippen molar-refractivity contribution < 1.29 is 18.0 Å². The van der Waals surface area contributed by atoms with Crippen molar-refractivity contribution in [2.24, 2.45) is 5.73 Å². The first kappa shape index (κ1) is 23.1. The van der Waals surface area contributed by atoms with Gasteiger partial charge in [0.25, 0.3) is 0 Å². The Hall–Kier alpha value is -1.18. The zero-order valence-electron chi connectivity index (χ0n) is 12.4. The molecule has 1 aromatic carbocycles. The first-order valence-electron chi connectivity index (χ1n) is 6.11. The Morgan fingerprint density at radius 2 is 1.86 bits per heavy atom. The van der Waals surface area contributed by atoms with Crippen LogP contribution in [0.3, 0.4) is 0 Å². The Balaban J connectivity index is 0. The molecule has 0 heterocycles. The molecule has 0 aliphatic carbocycles. The second-order valence-corrected chi connectivity index (χ2v) is 4.63. The molecule has 0 aliphatic rings. The fraction of sp³-hybridized carbons (Fsp3) is 0.462. The van der Waals surface area contributed by atoms with E-state index in [-0.39, 0.29) is 30.5 Å². The molecule has 0 saturated heterocycles. The predicted octanol–water partition coefficient (Wildman–Crippen LogP) is 3.29. The number of halogens is 5. The molecule has 1 amide bonds. The highest BCUT2D eigenvalue weighted by molar-refractivity contribution is 5.97. The van der Waals surface area contributed by atoms with Crippen LogP contribution in [0.2, 0.25) is 0 Å². The summed E-state index contributed by atoms with van der Waals surface area (Å²) in [5.41, 5.74) is 5.33. The maximum atomic E-state index is 12.7. The maximum absolute atomic E-state index is 12.7. The van der Waals surface area contributed by atoms with Gasteiger partial charge in [0.15, 0.2) is 0 Å². The van der Waals surface area contributed by atoms with Crippen molar-refractivity contribution in [3.05, 3.63) is 23.8 Å². The quantitative estimate of drug-likeness (QED) is 0.864. The van der Waals surface area contributed by atoms with Crippen molar-refractivity contribution in [1.82, 2.24) is 0 Å². The van der Waals surface area contributed by atoms with Crippen molar-refractivity contribution in [3.63, 3.8) is 0 Å². The minimum atomic E-state index is -4.46. The minimum Gasteiger partial charge on any atom is -0.376 e. The Morgan fingerprint density at radius 3 is 2.27 bits per heavy atom. The highest BCUT2D eigenvalue weighted by Gasteiger charge is 2.31. The largest absolute Gasteiger partial charge is 0.416 e. The number of hydrogen-bond donors (Lipinski definition) is 2. The fourth-order valence-electron chi connectivity index (χ4n) is 1.61. The van der Waals surface area contributed by atoms with Crippen LogP contribution in [0.1, 0.15) is 18.9 Å². The van der Waals surface area contributed by atoms with E-state index < -0.39 is 23.7 Å². The van der Waals surface area contributed by atoms with Crippen molar-refractivity contribution in [2.45, 2.75) is 25.6 Å².